The molecule has 92 valence electrons. The fraction of sp³-hybridized carbons (Fsp3) is 1.00. The topological polar surface area (TPSA) is 62.1 Å². The van der Waals surface area contributed by atoms with Crippen LogP contribution in [0.5, 0.6) is 0 Å². The molecular formula is C11H28N4. The van der Waals surface area contributed by atoms with Crippen LogP contribution in [0.25, 0.3) is 0 Å². The molecule has 15 heavy (non-hydrogen) atoms. The van der Waals surface area contributed by atoms with E-state index in [9.17, 15) is 0 Å². The second-order valence-electron chi connectivity index (χ2n) is 3.75. The fourth-order valence-corrected chi connectivity index (χ4v) is 1.33. The zero-order valence-electron chi connectivity index (χ0n) is 10.1. The van der Waals surface area contributed by atoms with Crippen molar-refractivity contribution < 1.29 is 0 Å². The van der Waals surface area contributed by atoms with Crippen LogP contribution in [0.15, 0.2) is 0 Å². The van der Waals surface area contributed by atoms with E-state index in [2.05, 4.69) is 22.9 Å². The van der Waals surface area contributed by atoms with Crippen molar-refractivity contribution in [2.75, 3.05) is 45.8 Å². The molecule has 0 unspecified atom stereocenters. The first-order chi connectivity index (χ1) is 7.41. The van der Waals surface area contributed by atoms with Gasteiger partial charge in [0.15, 0.2) is 0 Å². The normalized spacial score (nSPS) is 10.8. The highest BCUT2D eigenvalue weighted by molar-refractivity contribution is 4.54. The molecule has 0 spiro atoms. The Labute approximate surface area is 94.4 Å². The molecule has 0 rings (SSSR count). The van der Waals surface area contributed by atoms with Gasteiger partial charge in [0, 0.05) is 13.1 Å². The van der Waals surface area contributed by atoms with Gasteiger partial charge in [0.2, 0.25) is 0 Å². The zero-order valence-corrected chi connectivity index (χ0v) is 10.1. The monoisotopic (exact) mass is 216 g/mol. The highest BCUT2D eigenvalue weighted by Crippen LogP contribution is 1.77. The second kappa shape index (κ2) is 13.8. The molecule has 4 heteroatoms. The van der Waals surface area contributed by atoms with Gasteiger partial charge in [0.25, 0.3) is 0 Å². The van der Waals surface area contributed by atoms with Crippen LogP contribution in [0.2, 0.25) is 0 Å². The first kappa shape index (κ1) is 14.8. The summed E-state index contributed by atoms with van der Waals surface area (Å²) >= 11 is 0. The minimum Gasteiger partial charge on any atom is -0.329 e. The van der Waals surface area contributed by atoms with Crippen molar-refractivity contribution in [1.82, 2.24) is 16.0 Å². The van der Waals surface area contributed by atoms with E-state index in [1.807, 2.05) is 0 Å². The molecule has 0 aromatic heterocycles. The van der Waals surface area contributed by atoms with E-state index in [0.717, 1.165) is 45.8 Å². The van der Waals surface area contributed by atoms with Crippen molar-refractivity contribution in [2.24, 2.45) is 5.73 Å². The summed E-state index contributed by atoms with van der Waals surface area (Å²) in [5.41, 5.74) is 5.36. The van der Waals surface area contributed by atoms with Crippen LogP contribution >= 0.6 is 0 Å². The molecule has 0 aromatic rings. The molecule has 0 radical (unpaired) electrons. The number of hydrogen-bond acceptors (Lipinski definition) is 4. The van der Waals surface area contributed by atoms with E-state index < -0.39 is 0 Å². The molecule has 0 aliphatic rings. The van der Waals surface area contributed by atoms with E-state index in [4.69, 9.17) is 5.73 Å². The van der Waals surface area contributed by atoms with E-state index in [1.54, 1.807) is 0 Å². The van der Waals surface area contributed by atoms with Gasteiger partial charge in [0.1, 0.15) is 0 Å². The van der Waals surface area contributed by atoms with Crippen molar-refractivity contribution in [2.45, 2.75) is 26.2 Å². The molecule has 0 amide bonds. The van der Waals surface area contributed by atoms with Crippen molar-refractivity contribution in [3.8, 4) is 0 Å². The second-order valence-corrected chi connectivity index (χ2v) is 3.75. The Morgan fingerprint density at radius 1 is 0.733 bits per heavy atom. The van der Waals surface area contributed by atoms with Crippen molar-refractivity contribution >= 4 is 0 Å². The van der Waals surface area contributed by atoms with Crippen LogP contribution < -0.4 is 21.7 Å². The minimum atomic E-state index is 0.733. The Morgan fingerprint density at radius 2 is 1.20 bits per heavy atom. The molecule has 0 heterocycles. The molecule has 4 nitrogen and oxygen atoms in total. The molecule has 0 atom stereocenters. The quantitative estimate of drug-likeness (QED) is 0.344. The predicted molar refractivity (Wildman–Crippen MR) is 67.2 cm³/mol. The largest absolute Gasteiger partial charge is 0.329 e. The average Bonchev–Trinajstić information content (AvgIpc) is 2.26. The van der Waals surface area contributed by atoms with Gasteiger partial charge in [-0.3, -0.25) is 0 Å². The fourth-order valence-electron chi connectivity index (χ4n) is 1.33. The smallest absolute Gasteiger partial charge is 0.00745 e. The lowest BCUT2D eigenvalue weighted by Gasteiger charge is -2.06. The summed E-state index contributed by atoms with van der Waals surface area (Å²) < 4.78 is 0. The molecule has 0 saturated heterocycles. The summed E-state index contributed by atoms with van der Waals surface area (Å²) in [5, 5.41) is 10.1. The third kappa shape index (κ3) is 13.8. The van der Waals surface area contributed by atoms with Crippen LogP contribution in [-0.4, -0.2) is 45.8 Å². The number of nitrogens with two attached hydrogens (primary N) is 1. The van der Waals surface area contributed by atoms with Crippen molar-refractivity contribution in [3.05, 3.63) is 0 Å². The summed E-state index contributed by atoms with van der Waals surface area (Å²) in [4.78, 5) is 0. The van der Waals surface area contributed by atoms with E-state index in [1.165, 1.54) is 19.3 Å². The Bertz CT molecular complexity index is 96.8. The van der Waals surface area contributed by atoms with Gasteiger partial charge in [-0.15, -0.1) is 0 Å². The Kier molecular flexibility index (Phi) is 13.7. The van der Waals surface area contributed by atoms with Gasteiger partial charge in [0.05, 0.1) is 0 Å². The highest BCUT2D eigenvalue weighted by atomic mass is 14.9. The summed E-state index contributed by atoms with van der Waals surface area (Å²) in [6, 6.07) is 0. The van der Waals surface area contributed by atoms with E-state index >= 15 is 0 Å². The summed E-state index contributed by atoms with van der Waals surface area (Å²) in [5.74, 6) is 0. The van der Waals surface area contributed by atoms with Gasteiger partial charge in [-0.1, -0.05) is 6.92 Å². The van der Waals surface area contributed by atoms with Crippen LogP contribution in [0.3, 0.4) is 0 Å². The highest BCUT2D eigenvalue weighted by Gasteiger charge is 1.89. The molecule has 0 aliphatic carbocycles. The molecule has 0 bridgehead atoms. The Balaban J connectivity index is 2.81. The average molecular weight is 216 g/mol. The summed E-state index contributed by atoms with van der Waals surface area (Å²) in [6.07, 6.45) is 3.62. The lowest BCUT2D eigenvalue weighted by atomic mass is 10.3. The van der Waals surface area contributed by atoms with Crippen LogP contribution in [0, 0.1) is 0 Å². The van der Waals surface area contributed by atoms with E-state index in [0.29, 0.717) is 0 Å². The summed E-state index contributed by atoms with van der Waals surface area (Å²) in [6.45, 7) is 9.42. The van der Waals surface area contributed by atoms with Gasteiger partial charge in [-0.2, -0.15) is 0 Å². The van der Waals surface area contributed by atoms with Crippen molar-refractivity contribution in [1.29, 1.82) is 0 Å². The molecule has 0 saturated carbocycles. The van der Waals surface area contributed by atoms with Gasteiger partial charge in [-0.05, 0) is 52.0 Å². The van der Waals surface area contributed by atoms with Crippen LogP contribution in [0.1, 0.15) is 26.2 Å². The first-order valence-corrected chi connectivity index (χ1v) is 6.24. The Hall–Kier alpha value is -0.160. The standard InChI is InChI=1S/C11H28N4/c1-2-6-13-7-3-8-14-9-4-10-15-11-5-12/h13-15H,2-12H2,1H3. The molecule has 0 aliphatic heterocycles. The number of rotatable bonds is 12. The number of hydrogen-bond donors (Lipinski definition) is 4. The molecule has 5 N–H and O–H groups in total. The minimum absolute atomic E-state index is 0.733. The maximum Gasteiger partial charge on any atom is 0.00745 e. The van der Waals surface area contributed by atoms with Crippen molar-refractivity contribution in [3.63, 3.8) is 0 Å². The zero-order chi connectivity index (χ0) is 11.2. The SMILES string of the molecule is CCCNCCCNCCCNCCN. The third-order valence-electron chi connectivity index (χ3n) is 2.16. The lowest BCUT2D eigenvalue weighted by Crippen LogP contribution is -2.27. The van der Waals surface area contributed by atoms with Crippen LogP contribution in [-0.2, 0) is 0 Å². The maximum absolute atomic E-state index is 5.36. The number of nitrogens with one attached hydrogen (secondary N) is 3. The lowest BCUT2D eigenvalue weighted by molar-refractivity contribution is 0.566. The maximum atomic E-state index is 5.36. The van der Waals surface area contributed by atoms with Gasteiger partial charge in [-0.25, -0.2) is 0 Å². The van der Waals surface area contributed by atoms with Gasteiger partial charge < -0.3 is 21.7 Å². The third-order valence-corrected chi connectivity index (χ3v) is 2.16. The van der Waals surface area contributed by atoms with E-state index in [-0.39, 0.29) is 0 Å². The molecule has 0 aromatic carbocycles. The molecule has 0 fully saturated rings. The van der Waals surface area contributed by atoms with Crippen LogP contribution in [0.4, 0.5) is 0 Å². The Morgan fingerprint density at radius 3 is 1.67 bits per heavy atom. The van der Waals surface area contributed by atoms with Gasteiger partial charge >= 0.3 is 0 Å². The predicted octanol–water partition coefficient (Wildman–Crippen LogP) is -0.0959. The first-order valence-electron chi connectivity index (χ1n) is 6.24. The molecular weight excluding hydrogens is 188 g/mol. The summed E-state index contributed by atoms with van der Waals surface area (Å²) in [7, 11) is 0.